The number of aromatic amines is 1. The second-order valence-corrected chi connectivity index (χ2v) is 8.85. The summed E-state index contributed by atoms with van der Waals surface area (Å²) in [7, 11) is -2.17. The van der Waals surface area contributed by atoms with Gasteiger partial charge in [0.15, 0.2) is 11.2 Å². The van der Waals surface area contributed by atoms with E-state index in [2.05, 4.69) is 4.90 Å². The van der Waals surface area contributed by atoms with Crippen molar-refractivity contribution in [2.75, 3.05) is 19.3 Å². The predicted molar refractivity (Wildman–Crippen MR) is 110 cm³/mol. The van der Waals surface area contributed by atoms with Gasteiger partial charge < -0.3 is 9.88 Å². The molecule has 0 aliphatic carbocycles. The summed E-state index contributed by atoms with van der Waals surface area (Å²) >= 11 is 0. The summed E-state index contributed by atoms with van der Waals surface area (Å²) in [5.74, 6) is 0. The molecule has 3 aromatic rings. The van der Waals surface area contributed by atoms with Crippen LogP contribution in [0.1, 0.15) is 30.8 Å². The minimum atomic E-state index is -4.20. The van der Waals surface area contributed by atoms with E-state index in [1.807, 2.05) is 7.05 Å². The molecular weight excluding hydrogens is 356 g/mol. The van der Waals surface area contributed by atoms with Crippen molar-refractivity contribution in [1.82, 2.24) is 9.88 Å². The Balaban J connectivity index is 1.78. The molecule has 4 nitrogen and oxygen atoms in total. The van der Waals surface area contributed by atoms with Crippen molar-refractivity contribution in [1.29, 1.82) is 0 Å². The summed E-state index contributed by atoms with van der Waals surface area (Å²) in [6, 6.07) is 5.00. The van der Waals surface area contributed by atoms with Crippen LogP contribution in [-0.2, 0) is 22.7 Å². The van der Waals surface area contributed by atoms with Crippen molar-refractivity contribution in [3.8, 4) is 0 Å². The Morgan fingerprint density at radius 3 is 3.00 bits per heavy atom. The molecule has 4 rings (SSSR count). The first kappa shape index (κ1) is 12.4. The lowest BCUT2D eigenvalue weighted by Gasteiger charge is -2.18. The molecular formula is C22H26N2O2S. The molecule has 0 radical (unpaired) electrons. The molecule has 142 valence electrons. The topological polar surface area (TPSA) is 53.2 Å². The van der Waals surface area contributed by atoms with Crippen molar-refractivity contribution in [2.45, 2.75) is 36.6 Å². The maximum Gasteiger partial charge on any atom is 0.178 e. The van der Waals surface area contributed by atoms with Crippen LogP contribution >= 0.6 is 0 Å². The van der Waals surface area contributed by atoms with Crippen LogP contribution in [0.3, 0.4) is 0 Å². The van der Waals surface area contributed by atoms with Crippen LogP contribution in [0.25, 0.3) is 10.9 Å². The number of H-pyrrole nitrogens is 1. The maximum absolute atomic E-state index is 12.9. The second kappa shape index (κ2) is 7.49. The Bertz CT molecular complexity index is 1320. The normalized spacial score (nSPS) is 22.6. The van der Waals surface area contributed by atoms with E-state index in [4.69, 9.17) is 8.27 Å². The van der Waals surface area contributed by atoms with E-state index in [0.29, 0.717) is 11.8 Å². The molecule has 0 spiro atoms. The van der Waals surface area contributed by atoms with Gasteiger partial charge in [0.2, 0.25) is 0 Å². The van der Waals surface area contributed by atoms with Gasteiger partial charge in [0.1, 0.15) is 0 Å². The van der Waals surface area contributed by atoms with Crippen LogP contribution in [0.2, 0.25) is 1.41 Å². The van der Waals surface area contributed by atoms with Gasteiger partial charge in [0.25, 0.3) is 0 Å². The Morgan fingerprint density at radius 2 is 2.22 bits per heavy atom. The molecule has 27 heavy (non-hydrogen) atoms. The van der Waals surface area contributed by atoms with Gasteiger partial charge in [0.05, 0.1) is 16.1 Å². The molecule has 0 amide bonds. The lowest BCUT2D eigenvalue weighted by atomic mass is 10.0. The Hall–Kier alpha value is -2.11. The predicted octanol–water partition coefficient (Wildman–Crippen LogP) is 3.82. The van der Waals surface area contributed by atoms with Crippen molar-refractivity contribution in [3.63, 3.8) is 0 Å². The first-order valence-electron chi connectivity index (χ1n) is 12.1. The third-order valence-electron chi connectivity index (χ3n) is 5.14. The number of nitrogens with one attached hydrogen (secondary N) is 1. The number of benzene rings is 2. The highest BCUT2D eigenvalue weighted by Crippen LogP contribution is 2.26. The van der Waals surface area contributed by atoms with Gasteiger partial charge in [0, 0.05) is 24.5 Å². The number of sulfone groups is 1. The molecule has 1 aliphatic heterocycles. The van der Waals surface area contributed by atoms with Gasteiger partial charge in [-0.1, -0.05) is 24.2 Å². The smallest absolute Gasteiger partial charge is 0.178 e. The molecule has 1 aliphatic rings. The number of hydrogen-bond donors (Lipinski definition) is 1. The maximum atomic E-state index is 12.9. The Morgan fingerprint density at radius 1 is 1.33 bits per heavy atom. The third-order valence-corrected chi connectivity index (χ3v) is 6.61. The molecule has 1 N–H and O–H groups in total. The van der Waals surface area contributed by atoms with Gasteiger partial charge >= 0.3 is 0 Å². The van der Waals surface area contributed by atoms with Gasteiger partial charge in [-0.3, -0.25) is 0 Å². The Labute approximate surface area is 169 Å². The fourth-order valence-corrected chi connectivity index (χ4v) is 4.63. The number of hydrogen-bond acceptors (Lipinski definition) is 3. The fraction of sp³-hybridized carbons (Fsp3) is 0.364. The van der Waals surface area contributed by atoms with Crippen LogP contribution in [0, 0.1) is 0 Å². The highest BCUT2D eigenvalue weighted by Gasteiger charge is 2.22. The monoisotopic (exact) mass is 388 g/mol. The van der Waals surface area contributed by atoms with E-state index < -0.39 is 22.0 Å². The minimum Gasteiger partial charge on any atom is -0.361 e. The molecule has 5 heteroatoms. The quantitative estimate of drug-likeness (QED) is 0.698. The van der Waals surface area contributed by atoms with Crippen molar-refractivity contribution >= 4 is 20.7 Å². The second-order valence-electron chi connectivity index (χ2n) is 6.98. The highest BCUT2D eigenvalue weighted by atomic mass is 32.2. The first-order chi connectivity index (χ1) is 15.5. The molecule has 1 saturated heterocycles. The minimum absolute atomic E-state index is 0.00534. The lowest BCUT2D eigenvalue weighted by Crippen LogP contribution is -2.26. The average molecular weight is 389 g/mol. The first-order valence-corrected chi connectivity index (χ1v) is 10.6. The SMILES string of the molecule is [2H]c1ccccc1S(=O)(=O)C([2H])Cc1c([2H])c([2H])c2c(c(C[C@H]3CCCN3C)cn2[2H])c1[2H]. The van der Waals surface area contributed by atoms with Gasteiger partial charge in [-0.15, -0.1) is 0 Å². The molecule has 2 atom stereocenters. The van der Waals surface area contributed by atoms with E-state index in [9.17, 15) is 8.42 Å². The number of aromatic nitrogens is 1. The van der Waals surface area contributed by atoms with Crippen LogP contribution in [-0.4, -0.2) is 43.7 Å². The summed E-state index contributed by atoms with van der Waals surface area (Å²) in [5.41, 5.74) is -0.841. The zero-order valence-corrected chi connectivity index (χ0v) is 16.0. The number of rotatable bonds is 6. The Kier molecular flexibility index (Phi) is 3.43. The van der Waals surface area contributed by atoms with Crippen molar-refractivity contribution < 1.29 is 16.7 Å². The summed E-state index contributed by atoms with van der Waals surface area (Å²) in [4.78, 5) is 2.98. The van der Waals surface area contributed by atoms with Gasteiger partial charge in [-0.2, -0.15) is 0 Å². The van der Waals surface area contributed by atoms with Gasteiger partial charge in [-0.25, -0.2) is 8.42 Å². The van der Waals surface area contributed by atoms with Crippen LogP contribution in [0.15, 0.2) is 59.5 Å². The summed E-state index contributed by atoms with van der Waals surface area (Å²) in [6.45, 7) is 0.972. The molecule has 0 bridgehead atoms. The molecule has 1 fully saturated rings. The van der Waals surface area contributed by atoms with E-state index in [1.54, 1.807) is 12.3 Å². The van der Waals surface area contributed by atoms with Crippen LogP contribution in [0.4, 0.5) is 0 Å². The largest absolute Gasteiger partial charge is 0.361 e. The van der Waals surface area contributed by atoms with E-state index in [1.165, 1.54) is 18.2 Å². The van der Waals surface area contributed by atoms with E-state index in [-0.39, 0.29) is 46.2 Å². The van der Waals surface area contributed by atoms with Crippen molar-refractivity contribution in [2.24, 2.45) is 0 Å². The lowest BCUT2D eigenvalue weighted by molar-refractivity contribution is 0.310. The summed E-state index contributed by atoms with van der Waals surface area (Å²) in [5, 5.41) is 0.381. The third kappa shape index (κ3) is 3.94. The number of likely N-dealkylation sites (N-methyl/N-ethyl adjacent to an activating group) is 1. The summed E-state index contributed by atoms with van der Waals surface area (Å²) < 4.78 is 76.0. The molecule has 2 aromatic carbocycles. The van der Waals surface area contributed by atoms with E-state index in [0.717, 1.165) is 29.9 Å². The van der Waals surface area contributed by atoms with Crippen molar-refractivity contribution in [3.05, 3.63) is 65.8 Å². The molecule has 0 saturated carbocycles. The van der Waals surface area contributed by atoms with Gasteiger partial charge in [-0.05, 0) is 74.6 Å². The number of nitrogens with zero attached hydrogens (tertiary/aromatic N) is 1. The zero-order valence-electron chi connectivity index (χ0n) is 21.2. The number of likely N-dealkylation sites (tertiary alicyclic amines) is 1. The molecule has 2 heterocycles. The molecule has 1 unspecified atom stereocenters. The summed E-state index contributed by atoms with van der Waals surface area (Å²) in [6.07, 6.45) is 3.78. The number of fused-ring (bicyclic) bond motifs is 1. The average Bonchev–Trinajstić information content (AvgIpc) is 3.32. The molecule has 1 aromatic heterocycles. The van der Waals surface area contributed by atoms with Crippen LogP contribution in [0.5, 0.6) is 0 Å². The van der Waals surface area contributed by atoms with E-state index >= 15 is 0 Å². The zero-order chi connectivity index (χ0) is 24.1. The van der Waals surface area contributed by atoms with Crippen LogP contribution < -0.4 is 0 Å². The fourth-order valence-electron chi connectivity index (χ4n) is 3.56. The standard InChI is InChI=1S/C22H26N2O2S/c1-24-12-5-6-19(24)15-18-16-23-22-10-9-17(14-21(18)22)11-13-27(25,26)20-7-3-2-4-8-20/h2-4,7-10,14,16,19,23H,5-6,11-13,15H2,1H3/t19-/m1/s1/i7D,9D,10D,13D,14D/hD/t13?,19-. The highest BCUT2D eigenvalue weighted by molar-refractivity contribution is 7.91.